The summed E-state index contributed by atoms with van der Waals surface area (Å²) in [5, 5.41) is 6.06. The van der Waals surface area contributed by atoms with Crippen LogP contribution < -0.4 is 0 Å². The molecule has 0 spiro atoms. The molecule has 0 aliphatic heterocycles. The molecule has 2 heterocycles. The Morgan fingerprint density at radius 1 is 1.10 bits per heavy atom. The van der Waals surface area contributed by atoms with Gasteiger partial charge in [-0.15, -0.1) is 11.3 Å². The minimum Gasteiger partial charge on any atom is -0.338 e. The van der Waals surface area contributed by atoms with Gasteiger partial charge in [0.15, 0.2) is 0 Å². The average Bonchev–Trinajstić information content (AvgIpc) is 3.18. The molecule has 0 amide bonds. The van der Waals surface area contributed by atoms with Gasteiger partial charge >= 0.3 is 0 Å². The molecule has 0 bridgehead atoms. The smallest absolute Gasteiger partial charge is 0.241 e. The number of nitrogens with zero attached hydrogens (tertiary/aromatic N) is 3. The van der Waals surface area contributed by atoms with Crippen molar-refractivity contribution in [2.24, 2.45) is 0 Å². The van der Waals surface area contributed by atoms with Crippen LogP contribution in [0.15, 0.2) is 52.4 Å². The molecular formula is C16H17N3OS. The van der Waals surface area contributed by atoms with Crippen LogP contribution >= 0.6 is 11.3 Å². The summed E-state index contributed by atoms with van der Waals surface area (Å²) in [7, 11) is 0. The molecule has 0 aliphatic carbocycles. The zero-order valence-electron chi connectivity index (χ0n) is 11.9. The second-order valence-electron chi connectivity index (χ2n) is 4.78. The Morgan fingerprint density at radius 3 is 2.67 bits per heavy atom. The minimum atomic E-state index is 0.663. The molecule has 0 atom stereocenters. The molecule has 3 aromatic rings. The van der Waals surface area contributed by atoms with Gasteiger partial charge in [0, 0.05) is 6.54 Å². The van der Waals surface area contributed by atoms with Crippen molar-refractivity contribution in [3.05, 3.63) is 59.3 Å². The molecule has 1 aromatic carbocycles. The summed E-state index contributed by atoms with van der Waals surface area (Å²) in [6, 6.07) is 14.4. The highest BCUT2D eigenvalue weighted by atomic mass is 32.1. The minimum absolute atomic E-state index is 0.663. The van der Waals surface area contributed by atoms with Gasteiger partial charge in [-0.1, -0.05) is 48.5 Å². The maximum Gasteiger partial charge on any atom is 0.241 e. The molecule has 0 saturated heterocycles. The fraction of sp³-hybridized carbons (Fsp3) is 0.250. The van der Waals surface area contributed by atoms with E-state index in [-0.39, 0.29) is 0 Å². The summed E-state index contributed by atoms with van der Waals surface area (Å²) in [5.41, 5.74) is 1.29. The van der Waals surface area contributed by atoms with E-state index in [2.05, 4.69) is 46.2 Å². The van der Waals surface area contributed by atoms with Crippen molar-refractivity contribution < 1.29 is 4.52 Å². The molecule has 4 nitrogen and oxygen atoms in total. The Kier molecular flexibility index (Phi) is 4.43. The van der Waals surface area contributed by atoms with Crippen molar-refractivity contribution in [1.82, 2.24) is 15.0 Å². The van der Waals surface area contributed by atoms with Gasteiger partial charge in [0.25, 0.3) is 0 Å². The monoisotopic (exact) mass is 299 g/mol. The number of thiophene rings is 1. The second-order valence-corrected chi connectivity index (χ2v) is 5.73. The Bertz CT molecular complexity index is 664. The van der Waals surface area contributed by atoms with Gasteiger partial charge < -0.3 is 4.52 Å². The van der Waals surface area contributed by atoms with E-state index in [1.54, 1.807) is 11.3 Å². The molecule has 108 valence electrons. The molecule has 0 N–H and O–H groups in total. The molecule has 0 saturated carbocycles. The standard InChI is InChI=1S/C16H17N3OS/c1-2-19(11-13-7-4-3-5-8-13)12-15-17-16(18-20-15)14-9-6-10-21-14/h3-10H,2,11-12H2,1H3. The van der Waals surface area contributed by atoms with E-state index in [0.29, 0.717) is 18.3 Å². The summed E-state index contributed by atoms with van der Waals surface area (Å²) >= 11 is 1.62. The van der Waals surface area contributed by atoms with Crippen LogP contribution in [0.4, 0.5) is 0 Å². The third-order valence-corrected chi connectivity index (χ3v) is 4.13. The summed E-state index contributed by atoms with van der Waals surface area (Å²) < 4.78 is 5.36. The molecule has 21 heavy (non-hydrogen) atoms. The van der Waals surface area contributed by atoms with Gasteiger partial charge in [0.1, 0.15) is 0 Å². The van der Waals surface area contributed by atoms with E-state index in [4.69, 9.17) is 4.52 Å². The van der Waals surface area contributed by atoms with Crippen LogP contribution in [0.5, 0.6) is 0 Å². The number of aromatic nitrogens is 2. The maximum atomic E-state index is 5.36. The Morgan fingerprint density at radius 2 is 1.95 bits per heavy atom. The molecule has 3 rings (SSSR count). The van der Waals surface area contributed by atoms with Crippen molar-refractivity contribution in [1.29, 1.82) is 0 Å². The van der Waals surface area contributed by atoms with Crippen LogP contribution in [0.3, 0.4) is 0 Å². The summed E-state index contributed by atoms with van der Waals surface area (Å²) in [6.07, 6.45) is 0. The van der Waals surface area contributed by atoms with Crippen LogP contribution in [0, 0.1) is 0 Å². The first-order valence-electron chi connectivity index (χ1n) is 6.98. The van der Waals surface area contributed by atoms with E-state index in [1.807, 2.05) is 23.6 Å². The van der Waals surface area contributed by atoms with Crippen molar-refractivity contribution in [2.75, 3.05) is 6.54 Å². The molecule has 5 heteroatoms. The SMILES string of the molecule is CCN(Cc1ccccc1)Cc1nc(-c2cccs2)no1. The maximum absolute atomic E-state index is 5.36. The van der Waals surface area contributed by atoms with Crippen LogP contribution in [0.1, 0.15) is 18.4 Å². The zero-order valence-corrected chi connectivity index (χ0v) is 12.7. The van der Waals surface area contributed by atoms with Crippen molar-refractivity contribution in [3.63, 3.8) is 0 Å². The quantitative estimate of drug-likeness (QED) is 0.694. The molecule has 2 aromatic heterocycles. The van der Waals surface area contributed by atoms with Gasteiger partial charge in [0.2, 0.25) is 11.7 Å². The summed E-state index contributed by atoms with van der Waals surface area (Å²) in [5.74, 6) is 1.34. The molecule has 0 radical (unpaired) electrons. The number of hydrogen-bond acceptors (Lipinski definition) is 5. The van der Waals surface area contributed by atoms with Gasteiger partial charge in [-0.2, -0.15) is 4.98 Å². The Balaban J connectivity index is 1.67. The largest absolute Gasteiger partial charge is 0.338 e. The van der Waals surface area contributed by atoms with E-state index < -0.39 is 0 Å². The summed E-state index contributed by atoms with van der Waals surface area (Å²) in [6.45, 7) is 4.63. The normalized spacial score (nSPS) is 11.1. The average molecular weight is 299 g/mol. The van der Waals surface area contributed by atoms with E-state index in [1.165, 1.54) is 5.56 Å². The van der Waals surface area contributed by atoms with E-state index in [9.17, 15) is 0 Å². The van der Waals surface area contributed by atoms with Gasteiger partial charge in [-0.25, -0.2) is 0 Å². The Labute approximate surface area is 128 Å². The first kappa shape index (κ1) is 14.0. The lowest BCUT2D eigenvalue weighted by Gasteiger charge is -2.18. The lowest BCUT2D eigenvalue weighted by atomic mass is 10.2. The fourth-order valence-corrected chi connectivity index (χ4v) is 2.79. The van der Waals surface area contributed by atoms with Crippen LogP contribution in [-0.2, 0) is 13.1 Å². The molecule has 0 aliphatic rings. The van der Waals surface area contributed by atoms with Crippen molar-refractivity contribution in [3.8, 4) is 10.7 Å². The lowest BCUT2D eigenvalue weighted by Crippen LogP contribution is -2.22. The summed E-state index contributed by atoms with van der Waals surface area (Å²) in [4.78, 5) is 7.79. The van der Waals surface area contributed by atoms with Gasteiger partial charge in [-0.3, -0.25) is 4.90 Å². The highest BCUT2D eigenvalue weighted by Gasteiger charge is 2.12. The number of benzene rings is 1. The van der Waals surface area contributed by atoms with Crippen LogP contribution in [-0.4, -0.2) is 21.6 Å². The number of rotatable bonds is 6. The van der Waals surface area contributed by atoms with E-state index >= 15 is 0 Å². The second kappa shape index (κ2) is 6.65. The molecular weight excluding hydrogens is 282 g/mol. The predicted molar refractivity (Wildman–Crippen MR) is 83.8 cm³/mol. The third kappa shape index (κ3) is 3.56. The van der Waals surface area contributed by atoms with Crippen molar-refractivity contribution in [2.45, 2.75) is 20.0 Å². The van der Waals surface area contributed by atoms with Crippen LogP contribution in [0.2, 0.25) is 0 Å². The first-order chi connectivity index (χ1) is 10.3. The van der Waals surface area contributed by atoms with Gasteiger partial charge in [-0.05, 0) is 23.6 Å². The van der Waals surface area contributed by atoms with E-state index in [0.717, 1.165) is 18.0 Å². The number of hydrogen-bond donors (Lipinski definition) is 0. The zero-order chi connectivity index (χ0) is 14.5. The highest BCUT2D eigenvalue weighted by Crippen LogP contribution is 2.21. The lowest BCUT2D eigenvalue weighted by molar-refractivity contribution is 0.229. The van der Waals surface area contributed by atoms with Gasteiger partial charge in [0.05, 0.1) is 11.4 Å². The molecule has 0 fully saturated rings. The first-order valence-corrected chi connectivity index (χ1v) is 7.86. The highest BCUT2D eigenvalue weighted by molar-refractivity contribution is 7.13. The van der Waals surface area contributed by atoms with Crippen molar-refractivity contribution >= 4 is 11.3 Å². The molecule has 0 unspecified atom stereocenters. The predicted octanol–water partition coefficient (Wildman–Crippen LogP) is 3.82. The third-order valence-electron chi connectivity index (χ3n) is 3.26. The van der Waals surface area contributed by atoms with Crippen LogP contribution in [0.25, 0.3) is 10.7 Å². The topological polar surface area (TPSA) is 42.2 Å². The Hall–Kier alpha value is -1.98. The fourth-order valence-electron chi connectivity index (χ4n) is 2.14.